The summed E-state index contributed by atoms with van der Waals surface area (Å²) in [5.41, 5.74) is 5.66. The molecule has 0 bridgehead atoms. The molecule has 1 amide bonds. The van der Waals surface area contributed by atoms with Gasteiger partial charge in [-0.2, -0.15) is 10.1 Å². The number of carbonyl (C=O) groups is 2. The maximum absolute atomic E-state index is 12.9. The van der Waals surface area contributed by atoms with Crippen LogP contribution in [0.25, 0.3) is 6.08 Å². The average molecular weight is 435 g/mol. The van der Waals surface area contributed by atoms with Crippen molar-refractivity contribution in [2.45, 2.75) is 33.1 Å². The molecule has 0 aromatic heterocycles. The van der Waals surface area contributed by atoms with Crippen molar-refractivity contribution < 1.29 is 9.59 Å². The smallest absolute Gasteiger partial charge is 0.280 e. The number of hydrazone groups is 1. The molecular weight excluding hydrogens is 400 g/mol. The Morgan fingerprint density at radius 3 is 1.97 bits per heavy atom. The lowest BCUT2D eigenvalue weighted by Gasteiger charge is -2.28. The number of nitrogens with zero attached hydrogens (tertiary/aromatic N) is 3. The summed E-state index contributed by atoms with van der Waals surface area (Å²) in [6.45, 7) is 8.19. The van der Waals surface area contributed by atoms with E-state index in [2.05, 4.69) is 39.6 Å². The van der Waals surface area contributed by atoms with E-state index in [9.17, 15) is 4.79 Å². The minimum Gasteiger partial charge on any atom is -0.372 e. The van der Waals surface area contributed by atoms with Crippen LogP contribution in [-0.2, 0) is 9.59 Å². The SMILES string of the molecule is C=O.CC1=NN(c2ccc(C)cc2)C(=O)/C1=C\c1ccc(N2CCCCC2)cc1.CNC. The molecule has 2 aliphatic rings. The summed E-state index contributed by atoms with van der Waals surface area (Å²) in [6.07, 6.45) is 5.81. The average Bonchev–Trinajstić information content (AvgIpc) is 3.11. The number of anilines is 2. The Kier molecular flexibility index (Phi) is 9.82. The topological polar surface area (TPSA) is 65.0 Å². The van der Waals surface area contributed by atoms with E-state index in [1.165, 1.54) is 30.0 Å². The Balaban J connectivity index is 0.000000671. The van der Waals surface area contributed by atoms with Crippen molar-refractivity contribution in [1.82, 2.24) is 5.32 Å². The normalized spacial score (nSPS) is 16.7. The molecule has 170 valence electrons. The highest BCUT2D eigenvalue weighted by molar-refractivity contribution is 6.32. The van der Waals surface area contributed by atoms with Crippen molar-refractivity contribution in [2.24, 2.45) is 5.10 Å². The van der Waals surface area contributed by atoms with Gasteiger partial charge in [0.1, 0.15) is 6.79 Å². The van der Waals surface area contributed by atoms with Gasteiger partial charge < -0.3 is 15.0 Å². The molecule has 2 aromatic rings. The largest absolute Gasteiger partial charge is 0.372 e. The summed E-state index contributed by atoms with van der Waals surface area (Å²) < 4.78 is 0. The zero-order valence-corrected chi connectivity index (χ0v) is 19.6. The number of piperidine rings is 1. The van der Waals surface area contributed by atoms with Gasteiger partial charge in [0.05, 0.1) is 17.0 Å². The Bertz CT molecular complexity index is 927. The first-order valence-electron chi connectivity index (χ1n) is 10.9. The third kappa shape index (κ3) is 6.37. The minimum absolute atomic E-state index is 0.0727. The zero-order valence-electron chi connectivity index (χ0n) is 19.6. The van der Waals surface area contributed by atoms with Gasteiger partial charge in [0, 0.05) is 18.8 Å². The first-order chi connectivity index (χ1) is 15.5. The fourth-order valence-corrected chi connectivity index (χ4v) is 3.65. The number of hydrogen-bond acceptors (Lipinski definition) is 5. The maximum Gasteiger partial charge on any atom is 0.280 e. The van der Waals surface area contributed by atoms with E-state index < -0.39 is 0 Å². The molecule has 6 nitrogen and oxygen atoms in total. The molecule has 0 radical (unpaired) electrons. The highest BCUT2D eigenvalue weighted by Gasteiger charge is 2.28. The van der Waals surface area contributed by atoms with Gasteiger partial charge in [0.15, 0.2) is 0 Å². The first-order valence-corrected chi connectivity index (χ1v) is 10.9. The molecule has 1 saturated heterocycles. The van der Waals surface area contributed by atoms with Crippen LogP contribution in [0.5, 0.6) is 0 Å². The van der Waals surface area contributed by atoms with Crippen LogP contribution in [0.1, 0.15) is 37.3 Å². The van der Waals surface area contributed by atoms with Crippen molar-refractivity contribution >= 4 is 35.9 Å². The second kappa shape index (κ2) is 12.6. The van der Waals surface area contributed by atoms with Gasteiger partial charge >= 0.3 is 0 Å². The molecule has 0 unspecified atom stereocenters. The van der Waals surface area contributed by atoms with Crippen molar-refractivity contribution in [1.29, 1.82) is 0 Å². The third-order valence-electron chi connectivity index (χ3n) is 5.27. The standard InChI is InChI=1S/C23H25N3O.C2H7N.CH2O/c1-17-6-10-21(11-7-17)26-23(27)22(18(2)24-26)16-19-8-12-20(13-9-19)25-14-4-3-5-15-25;1-3-2;1-2/h6-13,16H,3-5,14-15H2,1-2H3;3H,1-2H3;1H2/b22-16-;;. The van der Waals surface area contributed by atoms with E-state index in [0.717, 1.165) is 35.6 Å². The number of rotatable bonds is 3. The minimum atomic E-state index is -0.0727. The van der Waals surface area contributed by atoms with E-state index in [1.54, 1.807) is 0 Å². The van der Waals surface area contributed by atoms with Crippen LogP contribution in [-0.4, -0.2) is 45.6 Å². The first kappa shape index (κ1) is 25.0. The number of amides is 1. The third-order valence-corrected chi connectivity index (χ3v) is 5.27. The molecule has 4 rings (SSSR count). The Labute approximate surface area is 191 Å². The number of carbonyl (C=O) groups excluding carboxylic acids is 2. The van der Waals surface area contributed by atoms with Gasteiger partial charge in [-0.15, -0.1) is 0 Å². The number of hydrogen-bond donors (Lipinski definition) is 1. The zero-order chi connectivity index (χ0) is 23.5. The summed E-state index contributed by atoms with van der Waals surface area (Å²) in [5, 5.41) is 8.70. The predicted molar refractivity (Wildman–Crippen MR) is 134 cm³/mol. The Morgan fingerprint density at radius 2 is 1.41 bits per heavy atom. The number of aryl methyl sites for hydroxylation is 1. The molecule has 1 N–H and O–H groups in total. The lowest BCUT2D eigenvalue weighted by molar-refractivity contribution is -0.114. The highest BCUT2D eigenvalue weighted by Crippen LogP contribution is 2.26. The van der Waals surface area contributed by atoms with Crippen LogP contribution in [0.15, 0.2) is 59.2 Å². The van der Waals surface area contributed by atoms with Gasteiger partial charge in [0.2, 0.25) is 0 Å². The molecule has 2 aromatic carbocycles. The lowest BCUT2D eigenvalue weighted by Crippen LogP contribution is -2.29. The van der Waals surface area contributed by atoms with E-state index in [-0.39, 0.29) is 5.91 Å². The van der Waals surface area contributed by atoms with E-state index in [1.807, 2.05) is 65.1 Å². The number of benzene rings is 2. The maximum atomic E-state index is 12.9. The summed E-state index contributed by atoms with van der Waals surface area (Å²) in [7, 11) is 3.75. The molecule has 0 atom stereocenters. The van der Waals surface area contributed by atoms with Crippen LogP contribution in [0.2, 0.25) is 0 Å². The quantitative estimate of drug-likeness (QED) is 0.726. The van der Waals surface area contributed by atoms with Crippen molar-refractivity contribution in [3.8, 4) is 0 Å². The Morgan fingerprint density at radius 1 is 0.875 bits per heavy atom. The molecule has 32 heavy (non-hydrogen) atoms. The Hall–Kier alpha value is -3.25. The van der Waals surface area contributed by atoms with E-state index >= 15 is 0 Å². The summed E-state index contributed by atoms with van der Waals surface area (Å²) >= 11 is 0. The van der Waals surface area contributed by atoms with Gasteiger partial charge in [0.25, 0.3) is 5.91 Å². The molecule has 2 aliphatic heterocycles. The molecular formula is C26H34N4O2. The van der Waals surface area contributed by atoms with Gasteiger partial charge in [-0.1, -0.05) is 29.8 Å². The molecule has 2 heterocycles. The predicted octanol–water partition coefficient (Wildman–Crippen LogP) is 4.44. The van der Waals surface area contributed by atoms with Crippen molar-refractivity contribution in [2.75, 3.05) is 37.1 Å². The molecule has 0 spiro atoms. The summed E-state index contributed by atoms with van der Waals surface area (Å²) in [5.74, 6) is -0.0727. The van der Waals surface area contributed by atoms with Gasteiger partial charge in [-0.25, -0.2) is 0 Å². The van der Waals surface area contributed by atoms with E-state index in [4.69, 9.17) is 4.79 Å². The van der Waals surface area contributed by atoms with E-state index in [0.29, 0.717) is 5.57 Å². The summed E-state index contributed by atoms with van der Waals surface area (Å²) in [4.78, 5) is 23.3. The molecule has 6 heteroatoms. The van der Waals surface area contributed by atoms with Gasteiger partial charge in [-0.05, 0) is 83.1 Å². The lowest BCUT2D eigenvalue weighted by atomic mass is 10.1. The van der Waals surface area contributed by atoms with Crippen LogP contribution >= 0.6 is 0 Å². The molecule has 0 aliphatic carbocycles. The fourth-order valence-electron chi connectivity index (χ4n) is 3.65. The van der Waals surface area contributed by atoms with Crippen molar-refractivity contribution in [3.63, 3.8) is 0 Å². The van der Waals surface area contributed by atoms with Crippen LogP contribution < -0.4 is 15.2 Å². The van der Waals surface area contributed by atoms with Crippen LogP contribution in [0.3, 0.4) is 0 Å². The molecule has 0 saturated carbocycles. The molecule has 1 fully saturated rings. The fraction of sp³-hybridized carbons (Fsp3) is 0.346. The van der Waals surface area contributed by atoms with Crippen LogP contribution in [0.4, 0.5) is 11.4 Å². The number of nitrogens with one attached hydrogen (secondary N) is 1. The summed E-state index contributed by atoms with van der Waals surface area (Å²) in [6, 6.07) is 16.3. The monoisotopic (exact) mass is 434 g/mol. The highest BCUT2D eigenvalue weighted by atomic mass is 16.2. The second-order valence-electron chi connectivity index (χ2n) is 7.84. The second-order valence-corrected chi connectivity index (χ2v) is 7.84. The van der Waals surface area contributed by atoms with Crippen LogP contribution in [0, 0.1) is 6.92 Å². The van der Waals surface area contributed by atoms with Crippen molar-refractivity contribution in [3.05, 3.63) is 65.2 Å². The van der Waals surface area contributed by atoms with Gasteiger partial charge in [-0.3, -0.25) is 4.79 Å².